The Bertz CT molecular complexity index is 560. The van der Waals surface area contributed by atoms with E-state index in [4.69, 9.17) is 18.9 Å². The molecule has 0 bridgehead atoms. The third-order valence-corrected chi connectivity index (χ3v) is 5.68. The van der Waals surface area contributed by atoms with Gasteiger partial charge in [-0.25, -0.2) is 0 Å². The Morgan fingerprint density at radius 3 is 2.92 bits per heavy atom. The number of hydrogen-bond donors (Lipinski definition) is 1. The predicted octanol–water partition coefficient (Wildman–Crippen LogP) is 2.06. The predicted molar refractivity (Wildman–Crippen MR) is 95.7 cm³/mol. The minimum atomic E-state index is 0.346. The Kier molecular flexibility index (Phi) is 5.27. The van der Waals surface area contributed by atoms with Crippen molar-refractivity contribution in [1.29, 1.82) is 0 Å². The Morgan fingerprint density at radius 2 is 2.16 bits per heavy atom. The van der Waals surface area contributed by atoms with Gasteiger partial charge < -0.3 is 24.1 Å². The molecule has 4 rings (SSSR count). The van der Waals surface area contributed by atoms with Crippen molar-refractivity contribution < 1.29 is 13.9 Å². The van der Waals surface area contributed by atoms with Crippen molar-refractivity contribution in [2.24, 2.45) is 10.4 Å². The van der Waals surface area contributed by atoms with Crippen LogP contribution in [0.15, 0.2) is 27.8 Å². The summed E-state index contributed by atoms with van der Waals surface area (Å²) in [5.41, 5.74) is 0.346. The van der Waals surface area contributed by atoms with E-state index in [1.807, 2.05) is 12.1 Å². The maximum Gasteiger partial charge on any atom is 0.194 e. The van der Waals surface area contributed by atoms with Gasteiger partial charge in [0.1, 0.15) is 5.76 Å². The zero-order valence-corrected chi connectivity index (χ0v) is 14.9. The van der Waals surface area contributed by atoms with Gasteiger partial charge in [0.2, 0.25) is 0 Å². The summed E-state index contributed by atoms with van der Waals surface area (Å²) in [4.78, 5) is 7.36. The van der Waals surface area contributed by atoms with Crippen molar-refractivity contribution >= 4 is 5.96 Å². The lowest BCUT2D eigenvalue weighted by Gasteiger charge is -2.30. The van der Waals surface area contributed by atoms with E-state index >= 15 is 0 Å². The van der Waals surface area contributed by atoms with E-state index in [9.17, 15) is 0 Å². The normalized spacial score (nSPS) is 28.2. The van der Waals surface area contributed by atoms with Crippen LogP contribution in [-0.2, 0) is 15.9 Å². The summed E-state index contributed by atoms with van der Waals surface area (Å²) in [6.45, 7) is 6.37. The van der Waals surface area contributed by atoms with E-state index in [2.05, 4.69) is 10.2 Å². The van der Waals surface area contributed by atoms with E-state index in [1.165, 1.54) is 12.8 Å². The van der Waals surface area contributed by atoms with Crippen LogP contribution < -0.4 is 5.32 Å². The number of aliphatic imine (C=N–C) groups is 1. The smallest absolute Gasteiger partial charge is 0.194 e. The van der Waals surface area contributed by atoms with Gasteiger partial charge in [0.15, 0.2) is 5.96 Å². The topological polar surface area (TPSA) is 59.2 Å². The van der Waals surface area contributed by atoms with E-state index in [-0.39, 0.29) is 0 Å². The molecule has 0 radical (unpaired) electrons. The number of nitrogens with one attached hydrogen (secondary N) is 1. The molecule has 1 aromatic rings. The van der Waals surface area contributed by atoms with Crippen molar-refractivity contribution in [1.82, 2.24) is 10.2 Å². The van der Waals surface area contributed by atoms with Crippen LogP contribution in [0.2, 0.25) is 0 Å². The SMILES string of the molecule is c1coc(CCN=C(NC2CCOCC2)N2CCC3(CCOC3)C2)c1. The molecule has 3 aliphatic rings. The summed E-state index contributed by atoms with van der Waals surface area (Å²) in [7, 11) is 0. The summed E-state index contributed by atoms with van der Waals surface area (Å²) >= 11 is 0. The van der Waals surface area contributed by atoms with E-state index in [1.54, 1.807) is 6.26 Å². The van der Waals surface area contributed by atoms with Crippen molar-refractivity contribution in [3.05, 3.63) is 24.2 Å². The van der Waals surface area contributed by atoms with Crippen LogP contribution in [0.1, 0.15) is 31.4 Å². The number of rotatable bonds is 4. The third kappa shape index (κ3) is 4.18. The van der Waals surface area contributed by atoms with Gasteiger partial charge in [-0.15, -0.1) is 0 Å². The molecule has 1 atom stereocenters. The van der Waals surface area contributed by atoms with Crippen molar-refractivity contribution in [2.75, 3.05) is 46.1 Å². The molecule has 3 saturated heterocycles. The highest BCUT2D eigenvalue weighted by Gasteiger charge is 2.42. The molecule has 1 unspecified atom stereocenters. The monoisotopic (exact) mass is 347 g/mol. The summed E-state index contributed by atoms with van der Waals surface area (Å²) < 4.78 is 16.6. The average molecular weight is 347 g/mol. The van der Waals surface area contributed by atoms with Crippen LogP contribution in [-0.4, -0.2) is 63.0 Å². The minimum absolute atomic E-state index is 0.346. The van der Waals surface area contributed by atoms with Gasteiger partial charge in [-0.3, -0.25) is 4.99 Å². The van der Waals surface area contributed by atoms with Gasteiger partial charge in [0.05, 0.1) is 12.9 Å². The average Bonchev–Trinajstić information content (AvgIpc) is 3.39. The van der Waals surface area contributed by atoms with Gasteiger partial charge in [0, 0.05) is 57.3 Å². The molecule has 1 spiro atoms. The first-order chi connectivity index (χ1) is 12.3. The Balaban J connectivity index is 1.41. The summed E-state index contributed by atoms with van der Waals surface area (Å²) in [6, 6.07) is 4.42. The zero-order chi connectivity index (χ0) is 17.0. The lowest BCUT2D eigenvalue weighted by molar-refractivity contribution is 0.0815. The molecule has 0 aliphatic carbocycles. The van der Waals surface area contributed by atoms with Crippen LogP contribution in [0.5, 0.6) is 0 Å². The fourth-order valence-corrected chi connectivity index (χ4v) is 4.08. The second-order valence-corrected chi connectivity index (χ2v) is 7.54. The minimum Gasteiger partial charge on any atom is -0.469 e. The van der Waals surface area contributed by atoms with Gasteiger partial charge in [-0.1, -0.05) is 0 Å². The highest BCUT2D eigenvalue weighted by molar-refractivity contribution is 5.80. The first-order valence-corrected chi connectivity index (χ1v) is 9.57. The molecule has 3 aliphatic heterocycles. The van der Waals surface area contributed by atoms with Crippen molar-refractivity contribution in [3.63, 3.8) is 0 Å². The van der Waals surface area contributed by atoms with Gasteiger partial charge in [-0.05, 0) is 37.8 Å². The van der Waals surface area contributed by atoms with Gasteiger partial charge in [-0.2, -0.15) is 0 Å². The van der Waals surface area contributed by atoms with Crippen LogP contribution in [0.25, 0.3) is 0 Å². The lowest BCUT2D eigenvalue weighted by Crippen LogP contribution is -2.47. The first kappa shape index (κ1) is 16.9. The Labute approximate surface area is 149 Å². The first-order valence-electron chi connectivity index (χ1n) is 9.57. The standard InChI is InChI=1S/C19H29N3O3/c1-2-17(25-10-1)3-8-20-18(21-16-4-11-23-12-5-16)22-9-6-19(14-22)7-13-24-15-19/h1-2,10,16H,3-9,11-15H2,(H,20,21). The van der Waals surface area contributed by atoms with E-state index in [0.29, 0.717) is 11.5 Å². The van der Waals surface area contributed by atoms with Crippen LogP contribution in [0, 0.1) is 5.41 Å². The maximum absolute atomic E-state index is 5.67. The zero-order valence-electron chi connectivity index (χ0n) is 14.9. The van der Waals surface area contributed by atoms with Crippen LogP contribution >= 0.6 is 0 Å². The van der Waals surface area contributed by atoms with Crippen LogP contribution in [0.3, 0.4) is 0 Å². The number of likely N-dealkylation sites (tertiary alicyclic amines) is 1. The highest BCUT2D eigenvalue weighted by atomic mass is 16.5. The molecule has 0 saturated carbocycles. The number of nitrogens with zero attached hydrogens (tertiary/aromatic N) is 2. The highest BCUT2D eigenvalue weighted by Crippen LogP contribution is 2.38. The Morgan fingerprint density at radius 1 is 1.24 bits per heavy atom. The summed E-state index contributed by atoms with van der Waals surface area (Å²) in [5.74, 6) is 2.05. The molecule has 1 N–H and O–H groups in total. The molecule has 1 aromatic heterocycles. The number of hydrogen-bond acceptors (Lipinski definition) is 4. The summed E-state index contributed by atoms with van der Waals surface area (Å²) in [6.07, 6.45) is 7.07. The lowest BCUT2D eigenvalue weighted by atomic mass is 9.87. The Hall–Kier alpha value is -1.53. The quantitative estimate of drug-likeness (QED) is 0.667. The fraction of sp³-hybridized carbons (Fsp3) is 0.737. The van der Waals surface area contributed by atoms with Gasteiger partial charge in [0.25, 0.3) is 0 Å². The van der Waals surface area contributed by atoms with Gasteiger partial charge >= 0.3 is 0 Å². The van der Waals surface area contributed by atoms with E-state index in [0.717, 1.165) is 77.0 Å². The molecule has 6 heteroatoms. The second kappa shape index (κ2) is 7.79. The fourth-order valence-electron chi connectivity index (χ4n) is 4.08. The third-order valence-electron chi connectivity index (χ3n) is 5.68. The molecule has 3 fully saturated rings. The number of furan rings is 1. The van der Waals surface area contributed by atoms with E-state index < -0.39 is 0 Å². The largest absolute Gasteiger partial charge is 0.469 e. The number of ether oxygens (including phenoxy) is 2. The second-order valence-electron chi connectivity index (χ2n) is 7.54. The molecule has 25 heavy (non-hydrogen) atoms. The molecule has 4 heterocycles. The maximum atomic E-state index is 5.67. The molecular weight excluding hydrogens is 318 g/mol. The van der Waals surface area contributed by atoms with Crippen molar-refractivity contribution in [2.45, 2.75) is 38.1 Å². The molecule has 0 aromatic carbocycles. The molecule has 0 amide bonds. The summed E-state index contributed by atoms with van der Waals surface area (Å²) in [5, 5.41) is 3.71. The number of guanidine groups is 1. The molecule has 138 valence electrons. The van der Waals surface area contributed by atoms with Crippen molar-refractivity contribution in [3.8, 4) is 0 Å². The molecular formula is C19H29N3O3. The molecule has 6 nitrogen and oxygen atoms in total. The van der Waals surface area contributed by atoms with Crippen LogP contribution in [0.4, 0.5) is 0 Å².